The molecule has 6 nitrogen and oxygen atoms in total. The van der Waals surface area contributed by atoms with Gasteiger partial charge in [0, 0.05) is 37.3 Å². The lowest BCUT2D eigenvalue weighted by molar-refractivity contribution is 0.0746. The van der Waals surface area contributed by atoms with E-state index in [0.29, 0.717) is 48.1 Å². The third-order valence-corrected chi connectivity index (χ3v) is 6.62. The zero-order valence-corrected chi connectivity index (χ0v) is 17.7. The molecule has 0 saturated carbocycles. The summed E-state index contributed by atoms with van der Waals surface area (Å²) in [4.78, 5) is 32.9. The van der Waals surface area contributed by atoms with Crippen LogP contribution in [0.4, 0.5) is 5.13 Å². The van der Waals surface area contributed by atoms with E-state index in [4.69, 9.17) is 21.3 Å². The Labute approximate surface area is 177 Å². The molecule has 0 N–H and O–H groups in total. The number of hydrogen-bond acceptors (Lipinski definition) is 6. The summed E-state index contributed by atoms with van der Waals surface area (Å²) in [6.07, 6.45) is 0. The summed E-state index contributed by atoms with van der Waals surface area (Å²) >= 11 is 7.86. The molecule has 4 rings (SSSR count). The van der Waals surface area contributed by atoms with Crippen LogP contribution in [0.15, 0.2) is 36.4 Å². The minimum atomic E-state index is -0.0197. The van der Waals surface area contributed by atoms with Crippen LogP contribution in [-0.4, -0.2) is 54.9 Å². The number of Topliss-reactive ketones (excluding diaryl/α,β-unsaturated/α-hetero) is 1. The minimum Gasteiger partial charge on any atom is -0.494 e. The van der Waals surface area contributed by atoms with Crippen molar-refractivity contribution in [3.05, 3.63) is 52.5 Å². The highest BCUT2D eigenvalue weighted by Crippen LogP contribution is 2.38. The third kappa shape index (κ3) is 3.80. The standard InChI is InChI=1S/C21H20ClN3O3S/c1-13(26)14-3-5-15(6-4-14)20(27)24-9-11-25(12-10-24)21-23-18-17(28-2)8-7-16(22)19(18)29-21/h3-8H,9-12H2,1-2H3. The summed E-state index contributed by atoms with van der Waals surface area (Å²) in [6, 6.07) is 10.5. The molecular formula is C21H20ClN3O3S. The zero-order chi connectivity index (χ0) is 20.5. The van der Waals surface area contributed by atoms with E-state index in [-0.39, 0.29) is 11.7 Å². The average Bonchev–Trinajstić information content (AvgIpc) is 3.20. The molecule has 0 radical (unpaired) electrons. The molecule has 1 amide bonds. The van der Waals surface area contributed by atoms with Gasteiger partial charge < -0.3 is 14.5 Å². The SMILES string of the molecule is COc1ccc(Cl)c2sc(N3CCN(C(=O)c4ccc(C(C)=O)cc4)CC3)nc12. The van der Waals surface area contributed by atoms with Crippen LogP contribution in [0.3, 0.4) is 0 Å². The number of ether oxygens (including phenoxy) is 1. The fourth-order valence-corrected chi connectivity index (χ4v) is 4.68. The van der Waals surface area contributed by atoms with E-state index in [1.165, 1.54) is 18.3 Å². The van der Waals surface area contributed by atoms with Crippen LogP contribution in [0, 0.1) is 0 Å². The van der Waals surface area contributed by atoms with Crippen molar-refractivity contribution in [3.63, 3.8) is 0 Å². The molecule has 3 aromatic rings. The van der Waals surface area contributed by atoms with Gasteiger partial charge in [-0.3, -0.25) is 9.59 Å². The first-order valence-electron chi connectivity index (χ1n) is 9.26. The molecular weight excluding hydrogens is 410 g/mol. The summed E-state index contributed by atoms with van der Waals surface area (Å²) in [5, 5.41) is 1.54. The Morgan fingerprint density at radius 2 is 1.69 bits per heavy atom. The third-order valence-electron chi connectivity index (χ3n) is 5.04. The van der Waals surface area contributed by atoms with Gasteiger partial charge in [0.15, 0.2) is 10.9 Å². The lowest BCUT2D eigenvalue weighted by Crippen LogP contribution is -2.48. The van der Waals surface area contributed by atoms with Crippen LogP contribution in [0.5, 0.6) is 5.75 Å². The van der Waals surface area contributed by atoms with Crippen molar-refractivity contribution in [2.45, 2.75) is 6.92 Å². The molecule has 1 aliphatic heterocycles. The van der Waals surface area contributed by atoms with Gasteiger partial charge in [0.25, 0.3) is 5.91 Å². The second-order valence-electron chi connectivity index (χ2n) is 6.84. The minimum absolute atomic E-state index is 0.00909. The Kier molecular flexibility index (Phi) is 5.43. The molecule has 0 unspecified atom stereocenters. The molecule has 0 bridgehead atoms. The smallest absolute Gasteiger partial charge is 0.253 e. The number of anilines is 1. The highest BCUT2D eigenvalue weighted by atomic mass is 35.5. The number of methoxy groups -OCH3 is 1. The Hall–Kier alpha value is -2.64. The quantitative estimate of drug-likeness (QED) is 0.584. The topological polar surface area (TPSA) is 62.7 Å². The lowest BCUT2D eigenvalue weighted by atomic mass is 10.1. The number of rotatable bonds is 4. The van der Waals surface area contributed by atoms with Gasteiger partial charge in [0.1, 0.15) is 11.3 Å². The van der Waals surface area contributed by atoms with Gasteiger partial charge in [-0.15, -0.1) is 0 Å². The first-order chi connectivity index (χ1) is 14.0. The fourth-order valence-electron chi connectivity index (χ4n) is 3.37. The highest BCUT2D eigenvalue weighted by Gasteiger charge is 2.25. The van der Waals surface area contributed by atoms with E-state index in [1.807, 2.05) is 17.0 Å². The second kappa shape index (κ2) is 8.00. The molecule has 0 spiro atoms. The largest absolute Gasteiger partial charge is 0.494 e. The Bertz CT molecular complexity index is 1070. The van der Waals surface area contributed by atoms with Crippen molar-refractivity contribution in [2.75, 3.05) is 38.2 Å². The van der Waals surface area contributed by atoms with Crippen LogP contribution in [0.25, 0.3) is 10.2 Å². The molecule has 2 heterocycles. The van der Waals surface area contributed by atoms with Gasteiger partial charge in [-0.05, 0) is 31.2 Å². The first kappa shape index (κ1) is 19.7. The molecule has 150 valence electrons. The normalized spacial score (nSPS) is 14.3. The maximum Gasteiger partial charge on any atom is 0.253 e. The Morgan fingerprint density at radius 1 is 1.03 bits per heavy atom. The molecule has 1 aliphatic rings. The average molecular weight is 430 g/mol. The van der Waals surface area contributed by atoms with Crippen molar-refractivity contribution < 1.29 is 14.3 Å². The van der Waals surface area contributed by atoms with E-state index in [9.17, 15) is 9.59 Å². The Balaban J connectivity index is 1.46. The van der Waals surface area contributed by atoms with Crippen molar-refractivity contribution in [3.8, 4) is 5.75 Å². The molecule has 0 atom stereocenters. The molecule has 1 saturated heterocycles. The number of carbonyl (C=O) groups excluding carboxylic acids is 2. The van der Waals surface area contributed by atoms with Gasteiger partial charge in [-0.25, -0.2) is 4.98 Å². The van der Waals surface area contributed by atoms with Crippen LogP contribution >= 0.6 is 22.9 Å². The molecule has 0 aliphatic carbocycles. The fraction of sp³-hybridized carbons (Fsp3) is 0.286. The summed E-state index contributed by atoms with van der Waals surface area (Å²) in [6.45, 7) is 4.11. The number of nitrogens with zero attached hydrogens (tertiary/aromatic N) is 3. The summed E-state index contributed by atoms with van der Waals surface area (Å²) in [5.74, 6) is 0.675. The number of carbonyl (C=O) groups is 2. The lowest BCUT2D eigenvalue weighted by Gasteiger charge is -2.34. The van der Waals surface area contributed by atoms with Crippen LogP contribution in [0.2, 0.25) is 5.02 Å². The molecule has 8 heteroatoms. The van der Waals surface area contributed by atoms with Gasteiger partial charge in [0.05, 0.1) is 16.8 Å². The van der Waals surface area contributed by atoms with E-state index in [0.717, 1.165) is 15.3 Å². The zero-order valence-electron chi connectivity index (χ0n) is 16.1. The molecule has 29 heavy (non-hydrogen) atoms. The van der Waals surface area contributed by atoms with Gasteiger partial charge in [-0.1, -0.05) is 35.1 Å². The molecule has 1 fully saturated rings. The van der Waals surface area contributed by atoms with Gasteiger partial charge in [0.2, 0.25) is 0 Å². The van der Waals surface area contributed by atoms with Crippen molar-refractivity contribution >= 4 is 50.0 Å². The number of ketones is 1. The van der Waals surface area contributed by atoms with E-state index >= 15 is 0 Å². The maximum atomic E-state index is 12.8. The maximum absolute atomic E-state index is 12.8. The van der Waals surface area contributed by atoms with E-state index < -0.39 is 0 Å². The summed E-state index contributed by atoms with van der Waals surface area (Å²) < 4.78 is 6.30. The number of benzene rings is 2. The number of halogens is 1. The predicted molar refractivity (Wildman–Crippen MR) is 116 cm³/mol. The van der Waals surface area contributed by atoms with Crippen LogP contribution < -0.4 is 9.64 Å². The molecule has 2 aromatic carbocycles. The number of fused-ring (bicyclic) bond motifs is 1. The number of hydrogen-bond donors (Lipinski definition) is 0. The van der Waals surface area contributed by atoms with Crippen LogP contribution in [-0.2, 0) is 0 Å². The van der Waals surface area contributed by atoms with E-state index in [1.54, 1.807) is 31.4 Å². The monoisotopic (exact) mass is 429 g/mol. The van der Waals surface area contributed by atoms with E-state index in [2.05, 4.69) is 4.90 Å². The first-order valence-corrected chi connectivity index (χ1v) is 10.5. The van der Waals surface area contributed by atoms with Gasteiger partial charge in [-0.2, -0.15) is 0 Å². The van der Waals surface area contributed by atoms with Crippen molar-refractivity contribution in [1.29, 1.82) is 0 Å². The van der Waals surface area contributed by atoms with Crippen molar-refractivity contribution in [1.82, 2.24) is 9.88 Å². The number of thiazole rings is 1. The van der Waals surface area contributed by atoms with Crippen molar-refractivity contribution in [2.24, 2.45) is 0 Å². The summed E-state index contributed by atoms with van der Waals surface area (Å²) in [5.41, 5.74) is 1.97. The second-order valence-corrected chi connectivity index (χ2v) is 8.22. The molecule has 1 aromatic heterocycles. The predicted octanol–water partition coefficient (Wildman–Crippen LogP) is 4.12. The number of piperazine rings is 1. The van der Waals surface area contributed by atoms with Gasteiger partial charge >= 0.3 is 0 Å². The highest BCUT2D eigenvalue weighted by molar-refractivity contribution is 7.22. The summed E-state index contributed by atoms with van der Waals surface area (Å²) in [7, 11) is 1.62. The number of aromatic nitrogens is 1. The number of amides is 1. The Morgan fingerprint density at radius 3 is 2.31 bits per heavy atom. The van der Waals surface area contributed by atoms with Crippen LogP contribution in [0.1, 0.15) is 27.6 Å².